The van der Waals surface area contributed by atoms with E-state index in [4.69, 9.17) is 4.74 Å². The van der Waals surface area contributed by atoms with Crippen molar-refractivity contribution < 1.29 is 9.53 Å². The average Bonchev–Trinajstić information content (AvgIpc) is 3.20. The first-order chi connectivity index (χ1) is 12.2. The summed E-state index contributed by atoms with van der Waals surface area (Å²) in [6, 6.07) is 8.67. The topological polar surface area (TPSA) is 45.7 Å². The number of hydrogen-bond donors (Lipinski definition) is 0. The predicted molar refractivity (Wildman–Crippen MR) is 97.7 cm³/mol. The van der Waals surface area contributed by atoms with Crippen molar-refractivity contribution in [1.82, 2.24) is 14.8 Å². The lowest BCUT2D eigenvalue weighted by Gasteiger charge is -2.23. The third kappa shape index (κ3) is 3.76. The van der Waals surface area contributed by atoms with Crippen LogP contribution in [-0.2, 0) is 11.3 Å². The Bertz CT molecular complexity index is 734. The molecule has 2 atom stereocenters. The van der Waals surface area contributed by atoms with Crippen LogP contribution < -0.4 is 0 Å². The lowest BCUT2D eigenvalue weighted by Crippen LogP contribution is -2.37. The van der Waals surface area contributed by atoms with Gasteiger partial charge in [0.15, 0.2) is 0 Å². The summed E-state index contributed by atoms with van der Waals surface area (Å²) in [7, 11) is 0. The number of rotatable bonds is 3. The Kier molecular flexibility index (Phi) is 4.83. The quantitative estimate of drug-likeness (QED) is 0.846. The molecule has 2 fully saturated rings. The number of benzene rings is 1. The molecule has 1 aromatic carbocycles. The molecule has 0 aliphatic carbocycles. The maximum Gasteiger partial charge on any atom is 0.273 e. The van der Waals surface area contributed by atoms with Gasteiger partial charge in [0.05, 0.1) is 18.2 Å². The summed E-state index contributed by atoms with van der Waals surface area (Å²) in [4.78, 5) is 21.1. The average molecular weight is 357 g/mol. The second-order valence-electron chi connectivity index (χ2n) is 6.98. The zero-order chi connectivity index (χ0) is 17.2. The van der Waals surface area contributed by atoms with Gasteiger partial charge in [0, 0.05) is 44.0 Å². The van der Waals surface area contributed by atoms with Crippen LogP contribution >= 0.6 is 11.3 Å². The first-order valence-corrected chi connectivity index (χ1v) is 9.70. The predicted octanol–water partition coefficient (Wildman–Crippen LogP) is 2.42. The molecular formula is C19H23N3O2S. The van der Waals surface area contributed by atoms with E-state index in [-0.39, 0.29) is 12.0 Å². The Labute approximate surface area is 152 Å². The molecule has 5 nitrogen and oxygen atoms in total. The van der Waals surface area contributed by atoms with E-state index in [1.807, 2.05) is 10.3 Å². The third-order valence-electron chi connectivity index (χ3n) is 5.03. The van der Waals surface area contributed by atoms with Crippen LogP contribution in [-0.4, -0.2) is 59.6 Å². The highest BCUT2D eigenvalue weighted by Gasteiger charge is 2.37. The van der Waals surface area contributed by atoms with E-state index in [9.17, 15) is 4.79 Å². The number of hydrogen-bond acceptors (Lipinski definition) is 5. The maximum absolute atomic E-state index is 12.6. The Morgan fingerprint density at radius 3 is 3.08 bits per heavy atom. The smallest absolute Gasteiger partial charge is 0.273 e. The number of ether oxygens (including phenoxy) is 1. The molecule has 4 rings (SSSR count). The molecule has 0 saturated carbocycles. The number of carbonyl (C=O) groups is 1. The maximum atomic E-state index is 12.6. The zero-order valence-electron chi connectivity index (χ0n) is 14.4. The number of likely N-dealkylation sites (tertiary alicyclic amines) is 1. The number of nitrogens with zero attached hydrogens (tertiary/aromatic N) is 3. The fourth-order valence-electron chi connectivity index (χ4n) is 3.84. The SMILES string of the molecule is Cc1cccc(CN2C[C@@H]3CN(C(=O)c4cscn4)CCO[C@@H]3C2)c1. The summed E-state index contributed by atoms with van der Waals surface area (Å²) < 4.78 is 6.06. The van der Waals surface area contributed by atoms with E-state index in [1.54, 1.807) is 5.51 Å². The van der Waals surface area contributed by atoms with Gasteiger partial charge in [-0.1, -0.05) is 29.8 Å². The lowest BCUT2D eigenvalue weighted by atomic mass is 10.1. The van der Waals surface area contributed by atoms with Gasteiger partial charge >= 0.3 is 0 Å². The van der Waals surface area contributed by atoms with E-state index < -0.39 is 0 Å². The first-order valence-electron chi connectivity index (χ1n) is 8.76. The van der Waals surface area contributed by atoms with Crippen LogP contribution in [0.25, 0.3) is 0 Å². The lowest BCUT2D eigenvalue weighted by molar-refractivity contribution is 0.0501. The van der Waals surface area contributed by atoms with Crippen molar-refractivity contribution in [2.45, 2.75) is 19.6 Å². The number of thiazole rings is 1. The molecule has 0 bridgehead atoms. The minimum absolute atomic E-state index is 0.0302. The summed E-state index contributed by atoms with van der Waals surface area (Å²) in [5.41, 5.74) is 4.90. The van der Waals surface area contributed by atoms with Crippen LogP contribution in [0.15, 0.2) is 35.2 Å². The van der Waals surface area contributed by atoms with E-state index >= 15 is 0 Å². The fraction of sp³-hybridized carbons (Fsp3) is 0.474. The van der Waals surface area contributed by atoms with E-state index in [1.165, 1.54) is 22.5 Å². The first kappa shape index (κ1) is 16.7. The van der Waals surface area contributed by atoms with Gasteiger partial charge in [-0.2, -0.15) is 0 Å². The van der Waals surface area contributed by atoms with Crippen LogP contribution in [0.2, 0.25) is 0 Å². The second-order valence-corrected chi connectivity index (χ2v) is 7.70. The van der Waals surface area contributed by atoms with Crippen molar-refractivity contribution in [3.05, 3.63) is 52.0 Å². The van der Waals surface area contributed by atoms with Gasteiger partial charge in [0.1, 0.15) is 5.69 Å². The Morgan fingerprint density at radius 2 is 2.28 bits per heavy atom. The second kappa shape index (κ2) is 7.23. The Morgan fingerprint density at radius 1 is 1.36 bits per heavy atom. The summed E-state index contributed by atoms with van der Waals surface area (Å²) in [6.07, 6.45) is 0.220. The zero-order valence-corrected chi connectivity index (χ0v) is 15.2. The summed E-state index contributed by atoms with van der Waals surface area (Å²) in [5, 5.41) is 1.82. The minimum atomic E-state index is 0.0302. The Hall–Kier alpha value is -1.76. The molecule has 2 saturated heterocycles. The van der Waals surface area contributed by atoms with E-state index in [0.717, 1.165) is 26.2 Å². The van der Waals surface area contributed by atoms with Gasteiger partial charge < -0.3 is 9.64 Å². The molecule has 132 valence electrons. The molecular weight excluding hydrogens is 334 g/mol. The molecule has 0 N–H and O–H groups in total. The van der Waals surface area contributed by atoms with Gasteiger partial charge in [0.2, 0.25) is 0 Å². The Balaban J connectivity index is 1.41. The molecule has 1 amide bonds. The highest BCUT2D eigenvalue weighted by molar-refractivity contribution is 7.07. The largest absolute Gasteiger partial charge is 0.375 e. The van der Waals surface area contributed by atoms with Crippen molar-refractivity contribution >= 4 is 17.2 Å². The molecule has 2 aliphatic rings. The van der Waals surface area contributed by atoms with Crippen LogP contribution in [0.1, 0.15) is 21.6 Å². The van der Waals surface area contributed by atoms with Crippen molar-refractivity contribution in [3.63, 3.8) is 0 Å². The summed E-state index contributed by atoms with van der Waals surface area (Å²) >= 11 is 1.46. The van der Waals surface area contributed by atoms with Gasteiger partial charge in [-0.15, -0.1) is 11.3 Å². The number of carbonyl (C=O) groups excluding carboxylic acids is 1. The standard InChI is InChI=1S/C19H23N3O2S/c1-14-3-2-4-15(7-14)8-21-9-16-10-22(5-6-24-18(16)11-21)19(23)17-12-25-13-20-17/h2-4,7,12-13,16,18H,5-6,8-11H2,1H3/t16-,18-/m1/s1. The van der Waals surface area contributed by atoms with Crippen LogP contribution in [0.5, 0.6) is 0 Å². The van der Waals surface area contributed by atoms with Crippen molar-refractivity contribution in [2.24, 2.45) is 5.92 Å². The number of aromatic nitrogens is 1. The number of aryl methyl sites for hydroxylation is 1. The summed E-state index contributed by atoms with van der Waals surface area (Å²) in [6.45, 7) is 7.00. The molecule has 1 aromatic heterocycles. The third-order valence-corrected chi connectivity index (χ3v) is 5.62. The van der Waals surface area contributed by atoms with E-state index in [0.29, 0.717) is 24.8 Å². The van der Waals surface area contributed by atoms with Gasteiger partial charge in [-0.05, 0) is 12.5 Å². The monoisotopic (exact) mass is 357 g/mol. The van der Waals surface area contributed by atoms with Crippen molar-refractivity contribution in [1.29, 1.82) is 0 Å². The minimum Gasteiger partial charge on any atom is -0.375 e. The molecule has 3 heterocycles. The number of fused-ring (bicyclic) bond motifs is 1. The number of amides is 1. The van der Waals surface area contributed by atoms with Gasteiger partial charge in [-0.25, -0.2) is 4.98 Å². The van der Waals surface area contributed by atoms with Crippen LogP contribution in [0.3, 0.4) is 0 Å². The van der Waals surface area contributed by atoms with Crippen molar-refractivity contribution in [3.8, 4) is 0 Å². The molecule has 0 radical (unpaired) electrons. The van der Waals surface area contributed by atoms with Gasteiger partial charge in [-0.3, -0.25) is 9.69 Å². The summed E-state index contributed by atoms with van der Waals surface area (Å²) in [5.74, 6) is 0.400. The normalized spacial score (nSPS) is 24.1. The fourth-order valence-corrected chi connectivity index (χ4v) is 4.37. The van der Waals surface area contributed by atoms with Crippen LogP contribution in [0, 0.1) is 12.8 Å². The molecule has 6 heteroatoms. The van der Waals surface area contributed by atoms with E-state index in [2.05, 4.69) is 41.1 Å². The molecule has 25 heavy (non-hydrogen) atoms. The van der Waals surface area contributed by atoms with Crippen molar-refractivity contribution in [2.75, 3.05) is 32.8 Å². The molecule has 2 aromatic rings. The highest BCUT2D eigenvalue weighted by atomic mass is 32.1. The highest BCUT2D eigenvalue weighted by Crippen LogP contribution is 2.26. The molecule has 0 spiro atoms. The van der Waals surface area contributed by atoms with Gasteiger partial charge in [0.25, 0.3) is 5.91 Å². The van der Waals surface area contributed by atoms with Crippen LogP contribution in [0.4, 0.5) is 0 Å². The molecule has 2 aliphatic heterocycles. The molecule has 0 unspecified atom stereocenters.